The van der Waals surface area contributed by atoms with Crippen LogP contribution in [-0.4, -0.2) is 180 Å². The number of likely N-dealkylation sites (N-methyl/N-ethyl adjacent to an activating group) is 1. The fraction of sp³-hybridized carbons (Fsp3) is 0.661. The van der Waals surface area contributed by atoms with Crippen molar-refractivity contribution in [2.75, 3.05) is 71.6 Å². The smallest absolute Gasteiger partial charge is 0.373 e. The van der Waals surface area contributed by atoms with Crippen molar-refractivity contribution in [3.63, 3.8) is 0 Å². The Morgan fingerprint density at radius 2 is 1.70 bits per heavy atom. The largest absolute Gasteiger partial charge is 0.464 e. The number of carbonyl (C=O) groups is 4. The van der Waals surface area contributed by atoms with E-state index < -0.39 is 81.7 Å². The normalized spacial score (nSPS) is 31.1. The molecule has 3 aromatic rings. The van der Waals surface area contributed by atoms with E-state index in [4.69, 9.17) is 28.5 Å². The molecule has 6 heterocycles. The Morgan fingerprint density at radius 3 is 2.41 bits per heavy atom. The lowest BCUT2D eigenvalue weighted by molar-refractivity contribution is -0.202. The lowest BCUT2D eigenvalue weighted by Crippen LogP contribution is -2.80. The van der Waals surface area contributed by atoms with Gasteiger partial charge >= 0.3 is 18.1 Å². The number of aryl methyl sites for hydroxylation is 1. The topological polar surface area (TPSA) is 258 Å². The second-order valence-electron chi connectivity index (χ2n) is 24.1. The number of aliphatic hydroxyl groups excluding tert-OH is 2. The summed E-state index contributed by atoms with van der Waals surface area (Å²) in [6, 6.07) is 11.4. The van der Waals surface area contributed by atoms with E-state index in [1.807, 2.05) is 14.0 Å². The minimum Gasteiger partial charge on any atom is -0.464 e. The molecule has 2 bridgehead atoms. The van der Waals surface area contributed by atoms with E-state index in [9.17, 15) is 34.8 Å². The van der Waals surface area contributed by atoms with Crippen LogP contribution in [-0.2, 0) is 65.0 Å². The number of hydrogen-bond acceptors (Lipinski definition) is 17. The van der Waals surface area contributed by atoms with E-state index in [-0.39, 0.29) is 70.0 Å². The SMILES string of the molecule is CCC(CO)OC(COC(=O)CCCC(=O)NC(C)C(=O)OCCCCC(=O)[C@]1(O)C2N(C)c3cc(C)c([C@@]4(C)C[C@@H]5CN(CCc6c4[nH]c4ccccc64)CC(O)(CC)C5)cc3[C@@]23CCN2CC=C[C@](CC)(C23)[C@H]1O)OC.O=C=O. The van der Waals surface area contributed by atoms with Gasteiger partial charge in [0.2, 0.25) is 5.91 Å². The molecule has 5 aliphatic heterocycles. The molecular formula is C62H87N5O14. The minimum atomic E-state index is -2.17. The molecule has 1 saturated carbocycles. The average Bonchev–Trinajstić information content (AvgIpc) is 2.66. The van der Waals surface area contributed by atoms with E-state index in [0.29, 0.717) is 45.2 Å². The maximum atomic E-state index is 15.2. The van der Waals surface area contributed by atoms with Crippen molar-refractivity contribution in [2.24, 2.45) is 11.3 Å². The summed E-state index contributed by atoms with van der Waals surface area (Å²) in [5, 5.41) is 51.8. The lowest BCUT2D eigenvalue weighted by Gasteiger charge is -2.63. The van der Waals surface area contributed by atoms with Crippen LogP contribution in [0.25, 0.3) is 10.9 Å². The number of H-pyrrole nitrogens is 1. The van der Waals surface area contributed by atoms with Crippen molar-refractivity contribution in [1.29, 1.82) is 0 Å². The molecule has 9 rings (SSSR count). The van der Waals surface area contributed by atoms with Crippen molar-refractivity contribution in [1.82, 2.24) is 20.1 Å². The molecule has 1 amide bonds. The Balaban J connectivity index is 0.00000281. The molecule has 2 aromatic carbocycles. The molecule has 19 nitrogen and oxygen atoms in total. The molecule has 444 valence electrons. The fourth-order valence-electron chi connectivity index (χ4n) is 15.6. The highest BCUT2D eigenvalue weighted by molar-refractivity contribution is 5.92. The summed E-state index contributed by atoms with van der Waals surface area (Å²) in [5.41, 5.74) is 2.93. The van der Waals surface area contributed by atoms with E-state index in [1.54, 1.807) is 0 Å². The number of anilines is 1. The molecule has 1 aliphatic carbocycles. The maximum absolute atomic E-state index is 15.2. The highest BCUT2D eigenvalue weighted by Gasteiger charge is 2.78. The number of rotatable bonds is 22. The summed E-state index contributed by atoms with van der Waals surface area (Å²) in [5.74, 6) is -1.83. The van der Waals surface area contributed by atoms with Gasteiger partial charge < -0.3 is 54.6 Å². The molecule has 13 atom stereocenters. The summed E-state index contributed by atoms with van der Waals surface area (Å²) in [4.78, 5) is 80.5. The number of aromatic nitrogens is 1. The van der Waals surface area contributed by atoms with Crippen LogP contribution in [0, 0.1) is 18.3 Å². The van der Waals surface area contributed by atoms with E-state index in [2.05, 4.69) is 101 Å². The van der Waals surface area contributed by atoms with Gasteiger partial charge in [-0.25, -0.2) is 4.79 Å². The number of para-hydroxylation sites is 1. The summed E-state index contributed by atoms with van der Waals surface area (Å²) < 4.78 is 21.5. The number of fused-ring (bicyclic) bond motifs is 6. The fourth-order valence-corrected chi connectivity index (χ4v) is 15.6. The number of esters is 2. The Bertz CT molecular complexity index is 2830. The van der Waals surface area contributed by atoms with Crippen molar-refractivity contribution in [3.05, 3.63) is 76.5 Å². The number of nitrogens with one attached hydrogen (secondary N) is 2. The first-order valence-electron chi connectivity index (χ1n) is 29.4. The lowest BCUT2D eigenvalue weighted by atomic mass is 9.47. The number of nitrogens with zero attached hydrogens (tertiary/aromatic N) is 3. The van der Waals surface area contributed by atoms with Crippen LogP contribution < -0.4 is 10.2 Å². The van der Waals surface area contributed by atoms with Gasteiger partial charge in [0.15, 0.2) is 17.7 Å². The predicted octanol–water partition coefficient (Wildman–Crippen LogP) is 5.07. The van der Waals surface area contributed by atoms with E-state index >= 15 is 4.79 Å². The van der Waals surface area contributed by atoms with Gasteiger partial charge in [0, 0.05) is 104 Å². The number of aliphatic hydroxyl groups is 4. The number of carbonyl (C=O) groups excluding carboxylic acids is 6. The number of methoxy groups -OCH3 is 1. The molecule has 3 fully saturated rings. The Hall–Kier alpha value is -5.34. The summed E-state index contributed by atoms with van der Waals surface area (Å²) >= 11 is 0. The minimum absolute atomic E-state index is 0.0183. The third-order valence-electron chi connectivity index (χ3n) is 19.3. The standard InChI is InChI=1S/C61H87N5O12.CO2/c1-9-41(35-67)78-51(75-8)36-77-50(70)22-16-21-49(69)62-39(5)53(71)76-29-15-14-20-48(68)61(74)55-60(25-28-66-26-17-24-59(11-3,54(60)66)56(61)72)45-31-44(38(4)30-47(45)64(55)7)57(6)32-40-33-58(73,10-2)37-65(34-40)27-23-43-42-18-12-13-19-46(42)63-52(43)57;2-1-3/h12-13,17-19,24,30-31,39-41,51,54-56,63,67,72-74H,9-11,14-16,20-23,25-29,32-37H2,1-8H3,(H,62,69);/t39?,40-,41?,51?,54?,55?,56+,57+,58?,59+,60+,61-;/m0./s1. The quantitative estimate of drug-likeness (QED) is 0.0332. The third kappa shape index (κ3) is 11.4. The number of ether oxygens (including phenoxy) is 4. The molecule has 19 heteroatoms. The molecule has 6 aliphatic rings. The number of unbranched alkanes of at least 4 members (excludes halogenated alkanes) is 1. The monoisotopic (exact) mass is 1130 g/mol. The zero-order valence-corrected chi connectivity index (χ0v) is 48.7. The molecule has 1 spiro atoms. The molecule has 81 heavy (non-hydrogen) atoms. The van der Waals surface area contributed by atoms with Gasteiger partial charge in [-0.2, -0.15) is 9.59 Å². The number of ketones is 1. The van der Waals surface area contributed by atoms with Gasteiger partial charge in [0.05, 0.1) is 31.0 Å². The predicted molar refractivity (Wildman–Crippen MR) is 301 cm³/mol. The molecule has 1 aromatic heterocycles. The molecule has 6 N–H and O–H groups in total. The van der Waals surface area contributed by atoms with Crippen LogP contribution in [0.2, 0.25) is 0 Å². The third-order valence-corrected chi connectivity index (χ3v) is 19.3. The highest BCUT2D eigenvalue weighted by atomic mass is 16.7. The molecule has 2 saturated heterocycles. The maximum Gasteiger partial charge on any atom is 0.373 e. The molecule has 7 unspecified atom stereocenters. The Morgan fingerprint density at radius 1 is 0.951 bits per heavy atom. The van der Waals surface area contributed by atoms with E-state index in [1.165, 1.54) is 36.2 Å². The number of hydrogen-bond donors (Lipinski definition) is 6. The van der Waals surface area contributed by atoms with Gasteiger partial charge in [0.25, 0.3) is 0 Å². The van der Waals surface area contributed by atoms with Crippen LogP contribution >= 0.6 is 0 Å². The van der Waals surface area contributed by atoms with Crippen LogP contribution in [0.4, 0.5) is 5.69 Å². The van der Waals surface area contributed by atoms with Gasteiger partial charge in [0.1, 0.15) is 18.8 Å². The zero-order chi connectivity index (χ0) is 58.7. The Kier molecular flexibility index (Phi) is 19.2. The first-order chi connectivity index (χ1) is 38.7. The number of aromatic amines is 1. The number of Topliss-reactive ketones (excluding diaryl/α,β-unsaturated/α-hetero) is 1. The van der Waals surface area contributed by atoms with Crippen molar-refractivity contribution < 1.29 is 68.1 Å². The first kappa shape index (κ1) is 61.7. The van der Waals surface area contributed by atoms with Crippen LogP contribution in [0.15, 0.2) is 48.6 Å². The highest BCUT2D eigenvalue weighted by Crippen LogP contribution is 2.67. The first-order valence-corrected chi connectivity index (χ1v) is 29.4. The van der Waals surface area contributed by atoms with Gasteiger partial charge in [-0.3, -0.25) is 24.2 Å². The van der Waals surface area contributed by atoms with Crippen molar-refractivity contribution >= 4 is 46.4 Å². The Labute approximate surface area is 476 Å². The molecule has 0 radical (unpaired) electrons. The van der Waals surface area contributed by atoms with Crippen molar-refractivity contribution in [3.8, 4) is 0 Å². The average molecular weight is 1130 g/mol. The second-order valence-corrected chi connectivity index (χ2v) is 24.1. The van der Waals surface area contributed by atoms with Gasteiger partial charge in [-0.1, -0.05) is 57.2 Å². The van der Waals surface area contributed by atoms with E-state index in [0.717, 1.165) is 61.2 Å². The zero-order valence-electron chi connectivity index (χ0n) is 48.7. The van der Waals surface area contributed by atoms with Crippen LogP contribution in [0.1, 0.15) is 140 Å². The van der Waals surface area contributed by atoms with Crippen LogP contribution in [0.5, 0.6) is 0 Å². The second kappa shape index (κ2) is 25.3. The number of benzene rings is 2. The van der Waals surface area contributed by atoms with Crippen LogP contribution in [0.3, 0.4) is 0 Å². The van der Waals surface area contributed by atoms with Gasteiger partial charge in [-0.15, -0.1) is 0 Å². The summed E-state index contributed by atoms with van der Waals surface area (Å²) in [7, 11) is 3.39. The molecular weight excluding hydrogens is 1040 g/mol. The van der Waals surface area contributed by atoms with Crippen molar-refractivity contribution in [2.45, 2.75) is 184 Å². The summed E-state index contributed by atoms with van der Waals surface area (Å²) in [6.07, 6.45) is 7.27. The van der Waals surface area contributed by atoms with Gasteiger partial charge in [-0.05, 0) is 132 Å². The number of amides is 1. The summed E-state index contributed by atoms with van der Waals surface area (Å²) in [6.45, 7) is 15.6. The number of piperidine rings is 1.